The predicted molar refractivity (Wildman–Crippen MR) is 101 cm³/mol. The smallest absolute Gasteiger partial charge is 0.261 e. The molecular formula is C19H16F3N3O3S. The van der Waals surface area contributed by atoms with Crippen LogP contribution in [0, 0.1) is 17.5 Å². The fraction of sp³-hybridized carbons (Fsp3) is 0.158. The van der Waals surface area contributed by atoms with Crippen molar-refractivity contribution in [3.63, 3.8) is 0 Å². The number of Topliss-reactive ketones (excluding diaryl/α,β-unsaturated/α-hetero) is 1. The zero-order valence-electron chi connectivity index (χ0n) is 15.2. The number of hydrogen-bond donors (Lipinski definition) is 2. The lowest BCUT2D eigenvalue weighted by molar-refractivity contribution is -0.125. The number of rotatable bonds is 7. The Morgan fingerprint density at radius 1 is 1.03 bits per heavy atom. The number of nitrogens with one attached hydrogen (secondary N) is 2. The van der Waals surface area contributed by atoms with E-state index in [1.807, 2.05) is 0 Å². The second kappa shape index (κ2) is 10.5. The minimum absolute atomic E-state index is 0.100. The van der Waals surface area contributed by atoms with Gasteiger partial charge in [0.15, 0.2) is 0 Å². The van der Waals surface area contributed by atoms with E-state index in [1.54, 1.807) is 0 Å². The average molecular weight is 423 g/mol. The highest BCUT2D eigenvalue weighted by molar-refractivity contribution is 8.12. The van der Waals surface area contributed by atoms with Gasteiger partial charge >= 0.3 is 0 Å². The van der Waals surface area contributed by atoms with Crippen LogP contribution in [0.5, 0.6) is 0 Å². The summed E-state index contributed by atoms with van der Waals surface area (Å²) in [5.74, 6) is -3.92. The second-order valence-corrected chi connectivity index (χ2v) is 7.25. The molecule has 0 fully saturated rings. The maximum atomic E-state index is 14.1. The van der Waals surface area contributed by atoms with Gasteiger partial charge in [-0.1, -0.05) is 12.1 Å². The van der Waals surface area contributed by atoms with Crippen LogP contribution in [0.4, 0.5) is 13.2 Å². The zero-order chi connectivity index (χ0) is 21.4. The quantitative estimate of drug-likeness (QED) is 0.310. The lowest BCUT2D eigenvalue weighted by atomic mass is 10.1. The minimum Gasteiger partial charge on any atom is -0.299 e. The largest absolute Gasteiger partial charge is 0.299 e. The summed E-state index contributed by atoms with van der Waals surface area (Å²) in [4.78, 5) is 40.5. The molecule has 0 radical (unpaired) electrons. The van der Waals surface area contributed by atoms with Gasteiger partial charge in [-0.2, -0.15) is 9.82 Å². The number of hydrazine groups is 1. The fourth-order valence-electron chi connectivity index (χ4n) is 2.06. The lowest BCUT2D eigenvalue weighted by Gasteiger charge is -2.11. The monoisotopic (exact) mass is 423 g/mol. The first-order chi connectivity index (χ1) is 13.7. The topological polar surface area (TPSA) is 87.6 Å². The summed E-state index contributed by atoms with van der Waals surface area (Å²) in [5, 5.41) is 2.34. The highest BCUT2D eigenvalue weighted by Crippen LogP contribution is 2.24. The predicted octanol–water partition coefficient (Wildman–Crippen LogP) is 2.92. The van der Waals surface area contributed by atoms with Gasteiger partial charge in [-0.05, 0) is 47.4 Å². The van der Waals surface area contributed by atoms with Crippen molar-refractivity contribution in [3.8, 4) is 0 Å². The van der Waals surface area contributed by atoms with Crippen molar-refractivity contribution in [3.05, 3.63) is 65.5 Å². The van der Waals surface area contributed by atoms with Gasteiger partial charge in [-0.15, -0.1) is 0 Å². The van der Waals surface area contributed by atoms with E-state index in [-0.39, 0.29) is 11.3 Å². The van der Waals surface area contributed by atoms with Gasteiger partial charge in [0.2, 0.25) is 5.91 Å². The van der Waals surface area contributed by atoms with Crippen molar-refractivity contribution in [2.75, 3.05) is 0 Å². The normalized spacial score (nSPS) is 11.3. The Morgan fingerprint density at radius 2 is 1.69 bits per heavy atom. The Bertz CT molecular complexity index is 1000. The Morgan fingerprint density at radius 3 is 2.31 bits per heavy atom. The molecule has 6 nitrogen and oxygen atoms in total. The number of ketones is 1. The minimum atomic E-state index is -1.56. The van der Waals surface area contributed by atoms with E-state index >= 15 is 0 Å². The molecule has 2 N–H and O–H groups in total. The van der Waals surface area contributed by atoms with Crippen LogP contribution in [0.25, 0.3) is 0 Å². The third-order valence-electron chi connectivity index (χ3n) is 3.35. The average Bonchev–Trinajstić information content (AvgIpc) is 2.64. The number of halogens is 3. The standard InChI is InChI=1S/C19H16F3N3O3S/c1-12(26)8-18(27)23-11-29(17-7-6-15(21)10-16(17)22)25-24-19(28)9-13-2-4-14(20)5-3-13/h2-7,10,25H,8-9H2,1H3,(H,24,28). The molecule has 0 aromatic heterocycles. The van der Waals surface area contributed by atoms with E-state index in [0.717, 1.165) is 12.1 Å². The van der Waals surface area contributed by atoms with E-state index in [1.165, 1.54) is 31.2 Å². The Balaban J connectivity index is 2.19. The molecule has 2 amide bonds. The number of nitrogens with zero attached hydrogens (tertiary/aromatic N) is 1. The first-order valence-corrected chi connectivity index (χ1v) is 9.44. The molecule has 0 heterocycles. The van der Waals surface area contributed by atoms with Gasteiger partial charge in [0.1, 0.15) is 23.2 Å². The van der Waals surface area contributed by atoms with Crippen molar-refractivity contribution in [1.29, 1.82) is 0 Å². The van der Waals surface area contributed by atoms with Crippen molar-refractivity contribution >= 4 is 33.4 Å². The van der Waals surface area contributed by atoms with E-state index in [0.29, 0.717) is 11.6 Å². The molecule has 10 heteroatoms. The van der Waals surface area contributed by atoms with Gasteiger partial charge in [-0.3, -0.25) is 19.8 Å². The summed E-state index contributed by atoms with van der Waals surface area (Å²) in [6, 6.07) is 8.02. The third-order valence-corrected chi connectivity index (χ3v) is 4.70. The molecule has 0 saturated heterocycles. The molecule has 0 bridgehead atoms. The third kappa shape index (κ3) is 7.46. The van der Waals surface area contributed by atoms with Gasteiger partial charge in [0, 0.05) is 11.2 Å². The second-order valence-electron chi connectivity index (χ2n) is 5.81. The van der Waals surface area contributed by atoms with E-state index < -0.39 is 52.1 Å². The number of benzene rings is 2. The summed E-state index contributed by atoms with van der Waals surface area (Å²) in [6.07, 6.45) is -0.552. The fourth-order valence-corrected chi connectivity index (χ4v) is 3.18. The van der Waals surface area contributed by atoms with Gasteiger partial charge in [0.05, 0.1) is 17.7 Å². The summed E-state index contributed by atoms with van der Waals surface area (Å²) in [7, 11) is -1.56. The maximum Gasteiger partial charge on any atom is 0.261 e. The molecule has 0 aliphatic heterocycles. The number of hydrogen-bond acceptors (Lipinski definition) is 4. The molecule has 0 spiro atoms. The molecule has 2 aromatic rings. The summed E-state index contributed by atoms with van der Waals surface area (Å²) in [5.41, 5.74) is 2.85. The van der Waals surface area contributed by atoms with E-state index in [2.05, 4.69) is 20.4 Å². The van der Waals surface area contributed by atoms with Gasteiger partial charge in [-0.25, -0.2) is 13.2 Å². The molecule has 0 aliphatic carbocycles. The number of isothiocyanates is 1. The van der Waals surface area contributed by atoms with Crippen LogP contribution < -0.4 is 10.3 Å². The molecule has 1 unspecified atom stereocenters. The van der Waals surface area contributed by atoms with Crippen LogP contribution in [-0.4, -0.2) is 22.8 Å². The molecular weight excluding hydrogens is 407 g/mol. The Hall–Kier alpha value is -3.07. The number of carbonyl (C=O) groups excluding carboxylic acids is 3. The Labute approximate surface area is 166 Å². The van der Waals surface area contributed by atoms with Crippen LogP contribution in [0.2, 0.25) is 0 Å². The van der Waals surface area contributed by atoms with Crippen molar-refractivity contribution in [2.45, 2.75) is 24.7 Å². The van der Waals surface area contributed by atoms with Crippen LogP contribution in [0.3, 0.4) is 0 Å². The zero-order valence-corrected chi connectivity index (χ0v) is 16.0. The van der Waals surface area contributed by atoms with Gasteiger partial charge in [0.25, 0.3) is 5.91 Å². The highest BCUT2D eigenvalue weighted by atomic mass is 32.2. The Kier molecular flexibility index (Phi) is 8.02. The van der Waals surface area contributed by atoms with Gasteiger partial charge < -0.3 is 0 Å². The van der Waals surface area contributed by atoms with Crippen LogP contribution in [-0.2, 0) is 20.8 Å². The number of amides is 2. The van der Waals surface area contributed by atoms with Crippen LogP contribution in [0.1, 0.15) is 18.9 Å². The SMILES string of the molecule is CC(=O)CC(=O)N=C=S(NNC(=O)Cc1ccc(F)cc1)c1ccc(F)cc1F. The van der Waals surface area contributed by atoms with Crippen molar-refractivity contribution < 1.29 is 27.6 Å². The van der Waals surface area contributed by atoms with Crippen molar-refractivity contribution in [1.82, 2.24) is 10.3 Å². The van der Waals surface area contributed by atoms with E-state index in [4.69, 9.17) is 0 Å². The molecule has 152 valence electrons. The number of carbonyl (C=O) groups is 3. The molecule has 1 atom stereocenters. The number of aliphatic imine (C=N–C) groups is 1. The molecule has 2 rings (SSSR count). The summed E-state index contributed by atoms with van der Waals surface area (Å²) < 4.78 is 40.2. The highest BCUT2D eigenvalue weighted by Gasteiger charge is 2.11. The molecule has 29 heavy (non-hydrogen) atoms. The summed E-state index contributed by atoms with van der Waals surface area (Å²) >= 11 is 0. The van der Waals surface area contributed by atoms with Crippen LogP contribution >= 0.6 is 10.7 Å². The maximum absolute atomic E-state index is 14.1. The first-order valence-electron chi connectivity index (χ1n) is 8.21. The molecule has 0 saturated carbocycles. The lowest BCUT2D eigenvalue weighted by Crippen LogP contribution is -2.35. The summed E-state index contributed by atoms with van der Waals surface area (Å²) in [6.45, 7) is 1.21. The van der Waals surface area contributed by atoms with Crippen LogP contribution in [0.15, 0.2) is 52.4 Å². The molecule has 2 aromatic carbocycles. The molecule has 0 aliphatic rings. The van der Waals surface area contributed by atoms with E-state index in [9.17, 15) is 27.6 Å². The first kappa shape index (κ1) is 22.2. The van der Waals surface area contributed by atoms with Crippen molar-refractivity contribution in [2.24, 2.45) is 4.99 Å².